The summed E-state index contributed by atoms with van der Waals surface area (Å²) in [6, 6.07) is 9.11. The molecule has 2 aliphatic heterocycles. The molecule has 0 radical (unpaired) electrons. The van der Waals surface area contributed by atoms with E-state index in [1.165, 1.54) is 6.20 Å². The van der Waals surface area contributed by atoms with Crippen molar-refractivity contribution in [2.45, 2.75) is 26.3 Å². The van der Waals surface area contributed by atoms with E-state index in [1.54, 1.807) is 35.5 Å². The third-order valence-corrected chi connectivity index (χ3v) is 5.48. The van der Waals surface area contributed by atoms with Gasteiger partial charge in [0.1, 0.15) is 5.69 Å². The Morgan fingerprint density at radius 3 is 2.87 bits per heavy atom. The maximum Gasteiger partial charge on any atom is 0.227 e. The highest BCUT2D eigenvalue weighted by Gasteiger charge is 2.23. The number of carbonyl (C=O) groups is 2. The number of carbonyl (C=O) groups excluding carboxylic acids is 2. The molecule has 2 aliphatic rings. The van der Waals surface area contributed by atoms with Gasteiger partial charge >= 0.3 is 0 Å². The number of pyridine rings is 1. The number of hydrogen-bond donors (Lipinski definition) is 0. The number of amides is 1. The molecule has 3 aromatic rings. The topological polar surface area (TPSA) is 88.4 Å². The van der Waals surface area contributed by atoms with Crippen molar-refractivity contribution in [1.82, 2.24) is 15.0 Å². The molecule has 0 spiro atoms. The van der Waals surface area contributed by atoms with Crippen molar-refractivity contribution in [1.29, 1.82) is 0 Å². The van der Waals surface area contributed by atoms with Gasteiger partial charge in [0.2, 0.25) is 11.7 Å². The van der Waals surface area contributed by atoms with Crippen molar-refractivity contribution in [2.75, 3.05) is 11.4 Å². The summed E-state index contributed by atoms with van der Waals surface area (Å²) in [6.45, 7) is 3.24. The van der Waals surface area contributed by atoms with E-state index >= 15 is 0 Å². The van der Waals surface area contributed by atoms with Crippen LogP contribution in [0, 0.1) is 0 Å². The highest BCUT2D eigenvalue weighted by Crippen LogP contribution is 2.25. The molecular formula is C23H19N5O2. The van der Waals surface area contributed by atoms with Crippen LogP contribution in [0.4, 0.5) is 5.69 Å². The van der Waals surface area contributed by atoms with E-state index in [0.717, 1.165) is 34.6 Å². The number of rotatable bonds is 4. The van der Waals surface area contributed by atoms with E-state index in [2.05, 4.69) is 19.9 Å². The first kappa shape index (κ1) is 18.3. The number of benzene rings is 1. The van der Waals surface area contributed by atoms with E-state index < -0.39 is 0 Å². The summed E-state index contributed by atoms with van der Waals surface area (Å²) in [5.74, 6) is -0.144. The molecule has 0 N–H and O–H groups in total. The van der Waals surface area contributed by atoms with Crippen LogP contribution in [0.1, 0.15) is 47.1 Å². The lowest BCUT2D eigenvalue weighted by Gasteiger charge is -2.16. The Bertz CT molecular complexity index is 1220. The number of anilines is 1. The summed E-state index contributed by atoms with van der Waals surface area (Å²) >= 11 is 0. The van der Waals surface area contributed by atoms with E-state index in [-0.39, 0.29) is 17.4 Å². The summed E-state index contributed by atoms with van der Waals surface area (Å²) in [7, 11) is 0. The first-order chi connectivity index (χ1) is 14.6. The number of fused-ring (bicyclic) bond motifs is 1. The third-order valence-electron chi connectivity index (χ3n) is 5.48. The fourth-order valence-corrected chi connectivity index (χ4v) is 3.85. The summed E-state index contributed by atoms with van der Waals surface area (Å²) in [5, 5.41) is 0. The predicted octanol–water partition coefficient (Wildman–Crippen LogP) is 3.22. The molecule has 0 bridgehead atoms. The molecule has 1 aromatic carbocycles. The second kappa shape index (κ2) is 7.26. The molecule has 0 saturated carbocycles. The molecule has 148 valence electrons. The molecule has 2 aromatic heterocycles. The van der Waals surface area contributed by atoms with Crippen LogP contribution in [-0.4, -0.2) is 38.9 Å². The average molecular weight is 397 g/mol. The van der Waals surface area contributed by atoms with Gasteiger partial charge in [-0.05, 0) is 31.5 Å². The van der Waals surface area contributed by atoms with Crippen molar-refractivity contribution in [2.24, 2.45) is 4.99 Å². The van der Waals surface area contributed by atoms with Crippen molar-refractivity contribution >= 4 is 23.1 Å². The first-order valence-corrected chi connectivity index (χ1v) is 9.88. The SMILES string of the molecule is CC1=NCc2ncc(-c3cncc(C(=O)c4cccc(N5CCCC5=O)c4)n3)cc21. The van der Waals surface area contributed by atoms with Crippen LogP contribution >= 0.6 is 0 Å². The molecule has 7 nitrogen and oxygen atoms in total. The van der Waals surface area contributed by atoms with Crippen LogP contribution in [0.5, 0.6) is 0 Å². The summed E-state index contributed by atoms with van der Waals surface area (Å²) in [6.07, 6.45) is 6.22. The third kappa shape index (κ3) is 3.18. The standard InChI is InChI=1S/C23H19N5O2/c1-14-18-9-16(10-26-20(18)13-25-14)19-11-24-12-21(27-19)23(30)15-4-2-5-17(8-15)28-7-3-6-22(28)29/h2,4-5,8-12H,3,6-7,13H2,1H3. The fraction of sp³-hybridized carbons (Fsp3) is 0.217. The quantitative estimate of drug-likeness (QED) is 0.631. The van der Waals surface area contributed by atoms with E-state index in [0.29, 0.717) is 30.8 Å². The normalized spacial score (nSPS) is 15.3. The van der Waals surface area contributed by atoms with Crippen molar-refractivity contribution in [3.8, 4) is 11.3 Å². The molecule has 30 heavy (non-hydrogen) atoms. The lowest BCUT2D eigenvalue weighted by molar-refractivity contribution is -0.117. The van der Waals surface area contributed by atoms with Gasteiger partial charge < -0.3 is 4.90 Å². The van der Waals surface area contributed by atoms with E-state index in [4.69, 9.17) is 0 Å². The van der Waals surface area contributed by atoms with E-state index in [1.807, 2.05) is 19.1 Å². The Morgan fingerprint density at radius 1 is 1.13 bits per heavy atom. The lowest BCUT2D eigenvalue weighted by atomic mass is 10.1. The molecule has 0 aliphatic carbocycles. The van der Waals surface area contributed by atoms with Crippen LogP contribution in [0.25, 0.3) is 11.3 Å². The van der Waals surface area contributed by atoms with Gasteiger partial charge in [-0.2, -0.15) is 0 Å². The molecule has 1 amide bonds. The highest BCUT2D eigenvalue weighted by molar-refractivity contribution is 6.09. The van der Waals surface area contributed by atoms with Crippen molar-refractivity contribution in [3.05, 3.63) is 71.4 Å². The summed E-state index contributed by atoms with van der Waals surface area (Å²) in [4.78, 5) is 44.5. The van der Waals surface area contributed by atoms with Crippen LogP contribution in [0.2, 0.25) is 0 Å². The minimum Gasteiger partial charge on any atom is -0.312 e. The molecule has 1 saturated heterocycles. The maximum absolute atomic E-state index is 13.1. The fourth-order valence-electron chi connectivity index (χ4n) is 3.85. The Balaban J connectivity index is 1.46. The summed E-state index contributed by atoms with van der Waals surface area (Å²) < 4.78 is 0. The van der Waals surface area contributed by atoms with Crippen LogP contribution in [0.3, 0.4) is 0 Å². The minimum atomic E-state index is -0.232. The zero-order valence-corrected chi connectivity index (χ0v) is 16.5. The van der Waals surface area contributed by atoms with Gasteiger partial charge in [0.05, 0.1) is 30.3 Å². The Labute approximate surface area is 173 Å². The Morgan fingerprint density at radius 2 is 2.03 bits per heavy atom. The van der Waals surface area contributed by atoms with Gasteiger partial charge in [-0.1, -0.05) is 12.1 Å². The Kier molecular flexibility index (Phi) is 4.43. The molecule has 0 atom stereocenters. The van der Waals surface area contributed by atoms with Crippen LogP contribution in [0.15, 0.2) is 53.9 Å². The Hall–Kier alpha value is -3.74. The maximum atomic E-state index is 13.1. The molecule has 5 rings (SSSR count). The van der Waals surface area contributed by atoms with Gasteiger partial charge in [-0.15, -0.1) is 0 Å². The largest absolute Gasteiger partial charge is 0.312 e. The molecule has 1 fully saturated rings. The van der Waals surface area contributed by atoms with Crippen LogP contribution in [-0.2, 0) is 11.3 Å². The van der Waals surface area contributed by atoms with Crippen molar-refractivity contribution < 1.29 is 9.59 Å². The van der Waals surface area contributed by atoms with Gasteiger partial charge in [0, 0.05) is 47.3 Å². The number of ketones is 1. The molecule has 7 heteroatoms. The van der Waals surface area contributed by atoms with Crippen molar-refractivity contribution in [3.63, 3.8) is 0 Å². The number of aliphatic imine (C=N–C) groups is 1. The van der Waals surface area contributed by atoms with Gasteiger partial charge in [0.15, 0.2) is 0 Å². The molecule has 0 unspecified atom stereocenters. The van der Waals surface area contributed by atoms with E-state index in [9.17, 15) is 9.59 Å². The number of hydrogen-bond acceptors (Lipinski definition) is 6. The zero-order valence-electron chi connectivity index (χ0n) is 16.5. The van der Waals surface area contributed by atoms with Gasteiger partial charge in [-0.25, -0.2) is 4.98 Å². The minimum absolute atomic E-state index is 0.0873. The number of nitrogens with zero attached hydrogens (tertiary/aromatic N) is 5. The smallest absolute Gasteiger partial charge is 0.227 e. The summed E-state index contributed by atoms with van der Waals surface area (Å²) in [5.41, 5.74) is 5.76. The number of aromatic nitrogens is 3. The highest BCUT2D eigenvalue weighted by atomic mass is 16.2. The van der Waals surface area contributed by atoms with Crippen LogP contribution < -0.4 is 4.90 Å². The monoisotopic (exact) mass is 397 g/mol. The second-order valence-corrected chi connectivity index (χ2v) is 7.44. The van der Waals surface area contributed by atoms with Gasteiger partial charge in [-0.3, -0.25) is 24.5 Å². The predicted molar refractivity (Wildman–Crippen MR) is 113 cm³/mol. The molecule has 4 heterocycles. The molecular weight excluding hydrogens is 378 g/mol. The second-order valence-electron chi connectivity index (χ2n) is 7.44. The lowest BCUT2D eigenvalue weighted by Crippen LogP contribution is -2.23. The first-order valence-electron chi connectivity index (χ1n) is 9.88. The average Bonchev–Trinajstić information content (AvgIpc) is 3.38. The van der Waals surface area contributed by atoms with Gasteiger partial charge in [0.25, 0.3) is 0 Å². The zero-order chi connectivity index (χ0) is 20.7.